The Balaban J connectivity index is 1.46. The van der Waals surface area contributed by atoms with Crippen LogP contribution in [-0.4, -0.2) is 32.0 Å². The van der Waals surface area contributed by atoms with Gasteiger partial charge in [0.25, 0.3) is 0 Å². The first-order valence-corrected chi connectivity index (χ1v) is 11.9. The van der Waals surface area contributed by atoms with Crippen molar-refractivity contribution < 1.29 is 18.0 Å². The molecule has 1 N–H and O–H groups in total. The van der Waals surface area contributed by atoms with Gasteiger partial charge in [-0.2, -0.15) is 0 Å². The highest BCUT2D eigenvalue weighted by atomic mass is 35.5. The van der Waals surface area contributed by atoms with Crippen LogP contribution in [0.3, 0.4) is 0 Å². The van der Waals surface area contributed by atoms with Crippen molar-refractivity contribution in [1.29, 1.82) is 0 Å². The maximum Gasteiger partial charge on any atom is 0.230 e. The zero-order valence-corrected chi connectivity index (χ0v) is 18.2. The lowest BCUT2D eigenvalue weighted by Crippen LogP contribution is -2.30. The number of anilines is 2. The number of carbonyl (C=O) groups excluding carboxylic acids is 2. The highest BCUT2D eigenvalue weighted by molar-refractivity contribution is 7.92. The number of rotatable bonds is 6. The number of benzene rings is 2. The lowest BCUT2D eigenvalue weighted by atomic mass is 10.2. The van der Waals surface area contributed by atoms with Crippen LogP contribution in [0.25, 0.3) is 0 Å². The van der Waals surface area contributed by atoms with Crippen LogP contribution in [0.2, 0.25) is 5.02 Å². The van der Waals surface area contributed by atoms with Crippen molar-refractivity contribution in [2.45, 2.75) is 42.8 Å². The summed E-state index contributed by atoms with van der Waals surface area (Å²) in [5.41, 5.74) is 2.19. The normalized spacial score (nSPS) is 16.8. The van der Waals surface area contributed by atoms with Crippen LogP contribution in [0.5, 0.6) is 0 Å². The summed E-state index contributed by atoms with van der Waals surface area (Å²) in [6.07, 6.45) is 2.34. The third-order valence-corrected chi connectivity index (χ3v) is 7.95. The average molecular weight is 447 g/mol. The first-order chi connectivity index (χ1) is 14.3. The number of nitrogens with zero attached hydrogens (tertiary/aromatic N) is 1. The summed E-state index contributed by atoms with van der Waals surface area (Å²) in [5.74, 6) is -0.136. The van der Waals surface area contributed by atoms with Gasteiger partial charge in [0.05, 0.1) is 10.1 Å². The number of hydrogen-bond donors (Lipinski definition) is 1. The van der Waals surface area contributed by atoms with Crippen LogP contribution in [0.1, 0.15) is 31.7 Å². The van der Waals surface area contributed by atoms with Gasteiger partial charge in [-0.25, -0.2) is 8.42 Å². The minimum absolute atomic E-state index is 0.123. The molecule has 1 atom stereocenters. The van der Waals surface area contributed by atoms with Crippen molar-refractivity contribution in [2.75, 3.05) is 16.8 Å². The van der Waals surface area contributed by atoms with E-state index in [4.69, 9.17) is 11.6 Å². The van der Waals surface area contributed by atoms with Gasteiger partial charge in [0.15, 0.2) is 9.84 Å². The van der Waals surface area contributed by atoms with Gasteiger partial charge < -0.3 is 10.2 Å². The van der Waals surface area contributed by atoms with Crippen LogP contribution in [0.4, 0.5) is 11.4 Å². The van der Waals surface area contributed by atoms with Crippen LogP contribution in [0.15, 0.2) is 47.4 Å². The number of amides is 2. The van der Waals surface area contributed by atoms with Gasteiger partial charge >= 0.3 is 0 Å². The fourth-order valence-corrected chi connectivity index (χ4v) is 5.31. The number of halogens is 1. The molecular formula is C22H23ClN2O4S. The average Bonchev–Trinajstić information content (AvgIpc) is 3.46. The van der Waals surface area contributed by atoms with Crippen molar-refractivity contribution in [3.05, 3.63) is 53.1 Å². The quantitative estimate of drug-likeness (QED) is 0.730. The maximum absolute atomic E-state index is 13.0. The van der Waals surface area contributed by atoms with E-state index < -0.39 is 21.0 Å². The number of sulfone groups is 1. The highest BCUT2D eigenvalue weighted by Gasteiger charge is 2.37. The van der Waals surface area contributed by atoms with E-state index in [9.17, 15) is 18.0 Å². The van der Waals surface area contributed by atoms with E-state index in [-0.39, 0.29) is 23.1 Å². The Morgan fingerprint density at radius 3 is 2.67 bits per heavy atom. The standard InChI is InChI=1S/C22H23ClN2O4S/c1-14(11-21(26)24-18-4-2-3-17(23)13-18)30(28,29)19-7-8-20-16(12-19)9-10-25(20)22(27)15-5-6-15/h2-4,7-8,12-15H,5-6,9-11H2,1H3,(H,24,26)/t14-/m0/s1. The number of hydrogen-bond acceptors (Lipinski definition) is 4. The Hall–Kier alpha value is -2.38. The Morgan fingerprint density at radius 2 is 1.97 bits per heavy atom. The molecule has 0 radical (unpaired) electrons. The molecule has 6 nitrogen and oxygen atoms in total. The Morgan fingerprint density at radius 1 is 1.20 bits per heavy atom. The van der Waals surface area contributed by atoms with Gasteiger partial charge in [-0.15, -0.1) is 0 Å². The monoisotopic (exact) mass is 446 g/mol. The second kappa shape index (κ2) is 8.04. The topological polar surface area (TPSA) is 83.6 Å². The Kier molecular flexibility index (Phi) is 5.59. The molecule has 2 aromatic carbocycles. The molecule has 1 heterocycles. The summed E-state index contributed by atoms with van der Waals surface area (Å²) in [4.78, 5) is 26.7. The fourth-order valence-electron chi connectivity index (χ4n) is 3.72. The van der Waals surface area contributed by atoms with E-state index in [0.29, 0.717) is 23.7 Å². The van der Waals surface area contributed by atoms with Crippen molar-refractivity contribution >= 4 is 44.6 Å². The second-order valence-electron chi connectivity index (χ2n) is 7.92. The molecule has 1 aliphatic carbocycles. The van der Waals surface area contributed by atoms with Gasteiger partial charge in [-0.05, 0) is 68.1 Å². The first-order valence-electron chi connectivity index (χ1n) is 9.99. The number of fused-ring (bicyclic) bond motifs is 1. The predicted molar refractivity (Wildman–Crippen MR) is 117 cm³/mol. The molecule has 8 heteroatoms. The van der Waals surface area contributed by atoms with Crippen molar-refractivity contribution in [3.8, 4) is 0 Å². The molecule has 158 valence electrons. The van der Waals surface area contributed by atoms with E-state index in [1.807, 2.05) is 0 Å². The van der Waals surface area contributed by atoms with E-state index in [1.54, 1.807) is 41.3 Å². The maximum atomic E-state index is 13.0. The molecule has 30 heavy (non-hydrogen) atoms. The molecule has 0 aromatic heterocycles. The molecule has 1 aliphatic heterocycles. The van der Waals surface area contributed by atoms with Crippen LogP contribution >= 0.6 is 11.6 Å². The molecule has 4 rings (SSSR count). The van der Waals surface area contributed by atoms with Gasteiger partial charge in [0.2, 0.25) is 11.8 Å². The lowest BCUT2D eigenvalue weighted by molar-refractivity contribution is -0.119. The van der Waals surface area contributed by atoms with E-state index >= 15 is 0 Å². The molecule has 0 saturated heterocycles. The molecule has 2 amide bonds. The third-order valence-electron chi connectivity index (χ3n) is 5.58. The van der Waals surface area contributed by atoms with Gasteiger partial charge in [0.1, 0.15) is 0 Å². The van der Waals surface area contributed by atoms with E-state index in [2.05, 4.69) is 5.32 Å². The molecule has 0 spiro atoms. The lowest BCUT2D eigenvalue weighted by Gasteiger charge is -2.18. The second-order valence-corrected chi connectivity index (χ2v) is 10.7. The molecule has 1 saturated carbocycles. The van der Waals surface area contributed by atoms with E-state index in [0.717, 1.165) is 24.1 Å². The minimum Gasteiger partial charge on any atom is -0.326 e. The highest BCUT2D eigenvalue weighted by Crippen LogP contribution is 2.37. The fraction of sp³-hybridized carbons (Fsp3) is 0.364. The molecule has 0 bridgehead atoms. The Bertz CT molecular complexity index is 1110. The summed E-state index contributed by atoms with van der Waals surface area (Å²) in [5, 5.41) is 2.28. The smallest absolute Gasteiger partial charge is 0.230 e. The van der Waals surface area contributed by atoms with Crippen molar-refractivity contribution in [2.24, 2.45) is 5.92 Å². The predicted octanol–water partition coefficient (Wildman–Crippen LogP) is 3.83. The van der Waals surface area contributed by atoms with Crippen LogP contribution in [-0.2, 0) is 25.8 Å². The van der Waals surface area contributed by atoms with Crippen molar-refractivity contribution in [1.82, 2.24) is 0 Å². The SMILES string of the molecule is C[C@@H](CC(=O)Nc1cccc(Cl)c1)S(=O)(=O)c1ccc2c(c1)CCN2C(=O)C1CC1. The summed E-state index contributed by atoms with van der Waals surface area (Å²) in [6.45, 7) is 2.12. The summed E-state index contributed by atoms with van der Waals surface area (Å²) < 4.78 is 26.1. The zero-order chi connectivity index (χ0) is 21.5. The van der Waals surface area contributed by atoms with Crippen LogP contribution < -0.4 is 10.2 Å². The minimum atomic E-state index is -3.69. The Labute approximate surface area is 181 Å². The summed E-state index contributed by atoms with van der Waals surface area (Å²) in [7, 11) is -3.69. The first kappa shape index (κ1) is 20.9. The molecule has 1 fully saturated rings. The summed E-state index contributed by atoms with van der Waals surface area (Å²) >= 11 is 5.91. The van der Waals surface area contributed by atoms with Gasteiger partial charge in [0, 0.05) is 35.3 Å². The molecular weight excluding hydrogens is 424 g/mol. The van der Waals surface area contributed by atoms with Gasteiger partial charge in [-0.1, -0.05) is 17.7 Å². The van der Waals surface area contributed by atoms with Crippen LogP contribution in [0, 0.1) is 5.92 Å². The molecule has 2 aromatic rings. The molecule has 2 aliphatic rings. The van der Waals surface area contributed by atoms with Gasteiger partial charge in [-0.3, -0.25) is 9.59 Å². The third kappa shape index (κ3) is 4.23. The zero-order valence-electron chi connectivity index (χ0n) is 16.6. The van der Waals surface area contributed by atoms with E-state index in [1.165, 1.54) is 13.0 Å². The largest absolute Gasteiger partial charge is 0.326 e. The van der Waals surface area contributed by atoms with Crippen molar-refractivity contribution in [3.63, 3.8) is 0 Å². The molecule has 0 unspecified atom stereocenters. The number of carbonyl (C=O) groups is 2. The number of nitrogens with one attached hydrogen (secondary N) is 1. The summed E-state index contributed by atoms with van der Waals surface area (Å²) in [6, 6.07) is 11.6.